The lowest BCUT2D eigenvalue weighted by Crippen LogP contribution is -2.27. The normalized spacial score (nSPS) is 18.1. The predicted octanol–water partition coefficient (Wildman–Crippen LogP) is 4.52. The lowest BCUT2D eigenvalue weighted by Gasteiger charge is -2.26. The van der Waals surface area contributed by atoms with Gasteiger partial charge in [0, 0.05) is 11.4 Å². The first kappa shape index (κ1) is 12.5. The van der Waals surface area contributed by atoms with Crippen molar-refractivity contribution in [2.24, 2.45) is 4.99 Å². The minimum Gasteiger partial charge on any atom is -0.335 e. The average molecular weight is 270 g/mol. The molecule has 0 atom stereocenters. The van der Waals surface area contributed by atoms with Crippen molar-refractivity contribution in [2.75, 3.05) is 11.1 Å². The van der Waals surface area contributed by atoms with E-state index in [0.29, 0.717) is 0 Å². The van der Waals surface area contributed by atoms with Gasteiger partial charge in [0.25, 0.3) is 0 Å². The Morgan fingerprint density at radius 2 is 1.89 bits per heavy atom. The molecule has 2 aromatic rings. The molecule has 1 heterocycles. The third-order valence-corrected chi connectivity index (χ3v) is 4.23. The summed E-state index contributed by atoms with van der Waals surface area (Å²) in [6.07, 6.45) is 1.14. The van der Waals surface area contributed by atoms with Gasteiger partial charge in [0.1, 0.15) is 0 Å². The van der Waals surface area contributed by atoms with Crippen molar-refractivity contribution in [3.05, 3.63) is 42.5 Å². The molecular weight excluding hydrogens is 252 g/mol. The Labute approximate surface area is 118 Å². The van der Waals surface area contributed by atoms with Crippen LogP contribution in [0.4, 0.5) is 5.69 Å². The van der Waals surface area contributed by atoms with Crippen LogP contribution in [0.1, 0.15) is 20.3 Å². The first-order valence-corrected chi connectivity index (χ1v) is 7.59. The van der Waals surface area contributed by atoms with E-state index in [1.807, 2.05) is 0 Å². The molecule has 98 valence electrons. The van der Waals surface area contributed by atoms with Crippen LogP contribution in [0.25, 0.3) is 10.8 Å². The van der Waals surface area contributed by atoms with E-state index < -0.39 is 0 Å². The molecule has 1 N–H and O–H groups in total. The summed E-state index contributed by atoms with van der Waals surface area (Å²) >= 11 is 1.80. The Bertz CT molecular complexity index is 631. The summed E-state index contributed by atoms with van der Waals surface area (Å²) in [5.74, 6) is 1.13. The summed E-state index contributed by atoms with van der Waals surface area (Å²) in [5, 5.41) is 7.00. The SMILES string of the molecule is CC1(C)CCSC(Nc2ccc3ccccc3c2)=N1. The van der Waals surface area contributed by atoms with E-state index in [0.717, 1.165) is 23.0 Å². The summed E-state index contributed by atoms with van der Waals surface area (Å²) in [7, 11) is 0. The third-order valence-electron chi connectivity index (χ3n) is 3.36. The van der Waals surface area contributed by atoms with Crippen molar-refractivity contribution in [3.63, 3.8) is 0 Å². The number of rotatable bonds is 1. The highest BCUT2D eigenvalue weighted by atomic mass is 32.2. The fourth-order valence-corrected chi connectivity index (χ4v) is 3.51. The number of hydrogen-bond donors (Lipinski definition) is 1. The lowest BCUT2D eigenvalue weighted by atomic mass is 10.0. The van der Waals surface area contributed by atoms with Crippen LogP contribution in [0, 0.1) is 0 Å². The summed E-state index contributed by atoms with van der Waals surface area (Å²) in [6.45, 7) is 4.38. The molecule has 0 unspecified atom stereocenters. The third kappa shape index (κ3) is 2.92. The van der Waals surface area contributed by atoms with E-state index in [1.165, 1.54) is 10.8 Å². The number of anilines is 1. The highest BCUT2D eigenvalue weighted by Crippen LogP contribution is 2.27. The second-order valence-corrected chi connectivity index (χ2v) is 6.60. The quantitative estimate of drug-likeness (QED) is 0.823. The molecule has 0 bridgehead atoms. The van der Waals surface area contributed by atoms with Gasteiger partial charge in [0.05, 0.1) is 5.54 Å². The van der Waals surface area contributed by atoms with Crippen molar-refractivity contribution in [1.29, 1.82) is 0 Å². The first-order valence-electron chi connectivity index (χ1n) is 6.61. The fraction of sp³-hybridized carbons (Fsp3) is 0.312. The lowest BCUT2D eigenvalue weighted by molar-refractivity contribution is 0.507. The van der Waals surface area contributed by atoms with Crippen molar-refractivity contribution in [2.45, 2.75) is 25.8 Å². The fourth-order valence-electron chi connectivity index (χ4n) is 2.22. The molecule has 3 heteroatoms. The molecule has 0 saturated carbocycles. The zero-order valence-electron chi connectivity index (χ0n) is 11.3. The Morgan fingerprint density at radius 1 is 1.11 bits per heavy atom. The van der Waals surface area contributed by atoms with Gasteiger partial charge in [0.2, 0.25) is 0 Å². The van der Waals surface area contributed by atoms with Crippen LogP contribution in [-0.4, -0.2) is 16.5 Å². The van der Waals surface area contributed by atoms with E-state index in [2.05, 4.69) is 61.6 Å². The van der Waals surface area contributed by atoms with Crippen LogP contribution in [0.15, 0.2) is 47.5 Å². The molecular formula is C16H18N2S. The van der Waals surface area contributed by atoms with Crippen LogP contribution in [0.2, 0.25) is 0 Å². The van der Waals surface area contributed by atoms with E-state index >= 15 is 0 Å². The number of nitrogens with zero attached hydrogens (tertiary/aromatic N) is 1. The van der Waals surface area contributed by atoms with E-state index in [9.17, 15) is 0 Å². The van der Waals surface area contributed by atoms with Gasteiger partial charge in [-0.2, -0.15) is 0 Å². The molecule has 0 amide bonds. The Balaban J connectivity index is 1.87. The zero-order valence-corrected chi connectivity index (χ0v) is 12.1. The molecule has 2 nitrogen and oxygen atoms in total. The first-order chi connectivity index (χ1) is 9.12. The van der Waals surface area contributed by atoms with Gasteiger partial charge in [-0.1, -0.05) is 42.1 Å². The van der Waals surface area contributed by atoms with Gasteiger partial charge >= 0.3 is 0 Å². The van der Waals surface area contributed by atoms with Gasteiger partial charge in [-0.25, -0.2) is 0 Å². The van der Waals surface area contributed by atoms with Crippen LogP contribution < -0.4 is 5.32 Å². The number of amidine groups is 1. The number of hydrogen-bond acceptors (Lipinski definition) is 3. The van der Waals surface area contributed by atoms with Gasteiger partial charge in [-0.15, -0.1) is 0 Å². The number of benzene rings is 2. The highest BCUT2D eigenvalue weighted by molar-refractivity contribution is 8.14. The average Bonchev–Trinajstić information content (AvgIpc) is 2.37. The molecule has 0 saturated heterocycles. The second kappa shape index (κ2) is 4.89. The van der Waals surface area contributed by atoms with E-state index in [-0.39, 0.29) is 5.54 Å². The molecule has 0 spiro atoms. The molecule has 1 aliphatic rings. The van der Waals surface area contributed by atoms with Gasteiger partial charge in [-0.05, 0) is 43.2 Å². The summed E-state index contributed by atoms with van der Waals surface area (Å²) < 4.78 is 0. The van der Waals surface area contributed by atoms with Crippen LogP contribution in [0.5, 0.6) is 0 Å². The number of nitrogens with one attached hydrogen (secondary N) is 1. The molecule has 0 aliphatic carbocycles. The summed E-state index contributed by atoms with van der Waals surface area (Å²) in [4.78, 5) is 4.76. The van der Waals surface area contributed by atoms with Gasteiger partial charge in [-0.3, -0.25) is 4.99 Å². The minimum absolute atomic E-state index is 0.0600. The molecule has 19 heavy (non-hydrogen) atoms. The number of aliphatic imine (C=N–C) groups is 1. The topological polar surface area (TPSA) is 24.4 Å². The molecule has 0 radical (unpaired) electrons. The minimum atomic E-state index is 0.0600. The zero-order chi connectivity index (χ0) is 13.3. The Morgan fingerprint density at radius 3 is 2.68 bits per heavy atom. The van der Waals surface area contributed by atoms with Crippen molar-refractivity contribution in [3.8, 4) is 0 Å². The van der Waals surface area contributed by atoms with Crippen molar-refractivity contribution >= 4 is 33.4 Å². The Kier molecular flexibility index (Phi) is 3.23. The van der Waals surface area contributed by atoms with Crippen LogP contribution in [0.3, 0.4) is 0 Å². The van der Waals surface area contributed by atoms with Crippen molar-refractivity contribution < 1.29 is 0 Å². The standard InChI is InChI=1S/C16H18N2S/c1-16(2)9-10-19-15(18-16)17-14-8-7-12-5-3-4-6-13(12)11-14/h3-8,11H,9-10H2,1-2H3,(H,17,18). The summed E-state index contributed by atoms with van der Waals surface area (Å²) in [6, 6.07) is 14.9. The van der Waals surface area contributed by atoms with E-state index in [1.54, 1.807) is 11.8 Å². The number of fused-ring (bicyclic) bond motifs is 1. The van der Waals surface area contributed by atoms with Crippen LogP contribution in [-0.2, 0) is 0 Å². The van der Waals surface area contributed by atoms with Gasteiger partial charge in [0.15, 0.2) is 5.17 Å². The molecule has 3 rings (SSSR count). The molecule has 0 fully saturated rings. The maximum absolute atomic E-state index is 4.76. The Hall–Kier alpha value is -1.48. The van der Waals surface area contributed by atoms with Gasteiger partial charge < -0.3 is 5.32 Å². The largest absolute Gasteiger partial charge is 0.335 e. The monoisotopic (exact) mass is 270 g/mol. The van der Waals surface area contributed by atoms with E-state index in [4.69, 9.17) is 4.99 Å². The number of thioether (sulfide) groups is 1. The second-order valence-electron chi connectivity index (χ2n) is 5.51. The maximum atomic E-state index is 4.76. The predicted molar refractivity (Wildman–Crippen MR) is 86.2 cm³/mol. The van der Waals surface area contributed by atoms with Crippen molar-refractivity contribution in [1.82, 2.24) is 0 Å². The molecule has 2 aromatic carbocycles. The summed E-state index contributed by atoms with van der Waals surface area (Å²) in [5.41, 5.74) is 1.17. The molecule has 1 aliphatic heterocycles. The smallest absolute Gasteiger partial charge is 0.161 e. The highest BCUT2D eigenvalue weighted by Gasteiger charge is 2.22. The molecule has 0 aromatic heterocycles. The maximum Gasteiger partial charge on any atom is 0.161 e. The van der Waals surface area contributed by atoms with Crippen LogP contribution >= 0.6 is 11.8 Å².